The first-order valence-corrected chi connectivity index (χ1v) is 9.49. The molecular weight excluding hydrogens is 368 g/mol. The summed E-state index contributed by atoms with van der Waals surface area (Å²) < 4.78 is 5.31. The number of hydrogen-bond donors (Lipinski definition) is 2. The number of nitrogens with zero attached hydrogens (tertiary/aromatic N) is 2. The molecule has 1 atom stereocenters. The second kappa shape index (κ2) is 8.77. The van der Waals surface area contributed by atoms with Crippen LogP contribution in [0.3, 0.4) is 0 Å². The van der Waals surface area contributed by atoms with Crippen molar-refractivity contribution in [2.45, 2.75) is 39.3 Å². The van der Waals surface area contributed by atoms with Gasteiger partial charge >= 0.3 is 6.09 Å². The van der Waals surface area contributed by atoms with Gasteiger partial charge in [-0.25, -0.2) is 4.79 Å². The maximum absolute atomic E-state index is 11.9. The third-order valence-electron chi connectivity index (χ3n) is 3.98. The van der Waals surface area contributed by atoms with E-state index >= 15 is 0 Å². The van der Waals surface area contributed by atoms with Gasteiger partial charge in [-0.15, -0.1) is 0 Å². The van der Waals surface area contributed by atoms with Gasteiger partial charge in [0.05, 0.1) is 17.4 Å². The van der Waals surface area contributed by atoms with Crippen LogP contribution in [-0.2, 0) is 9.57 Å². The zero-order chi connectivity index (χ0) is 20.9. The summed E-state index contributed by atoms with van der Waals surface area (Å²) in [7, 11) is 0. The fourth-order valence-electron chi connectivity index (χ4n) is 2.71. The highest BCUT2D eigenvalue weighted by Gasteiger charge is 2.17. The predicted molar refractivity (Wildman–Crippen MR) is 113 cm³/mol. The summed E-state index contributed by atoms with van der Waals surface area (Å²) in [6.07, 6.45) is 2.58. The van der Waals surface area contributed by atoms with Crippen LogP contribution in [0, 0.1) is 0 Å². The van der Waals surface area contributed by atoms with E-state index in [0.717, 1.165) is 22.2 Å². The molecule has 0 saturated carbocycles. The predicted octanol–water partition coefficient (Wildman–Crippen LogP) is 4.25. The fraction of sp³-hybridized carbons (Fsp3) is 0.318. The van der Waals surface area contributed by atoms with Gasteiger partial charge in [-0.1, -0.05) is 35.5 Å². The van der Waals surface area contributed by atoms with Crippen molar-refractivity contribution in [1.82, 2.24) is 15.3 Å². The lowest BCUT2D eigenvalue weighted by Gasteiger charge is -2.21. The Morgan fingerprint density at radius 3 is 2.69 bits per heavy atom. The second-order valence-corrected chi connectivity index (χ2v) is 7.84. The molecule has 2 N–H and O–H groups in total. The Morgan fingerprint density at radius 1 is 1.24 bits per heavy atom. The highest BCUT2D eigenvalue weighted by Crippen LogP contribution is 2.17. The Bertz CT molecular complexity index is 957. The van der Waals surface area contributed by atoms with Crippen LogP contribution in [0.5, 0.6) is 0 Å². The van der Waals surface area contributed by atoms with Gasteiger partial charge < -0.3 is 19.9 Å². The number of aromatic nitrogens is 2. The first kappa shape index (κ1) is 20.4. The van der Waals surface area contributed by atoms with Gasteiger partial charge in [0.1, 0.15) is 11.8 Å². The molecule has 0 aliphatic rings. The number of benzene rings is 1. The average Bonchev–Trinajstić information content (AvgIpc) is 3.08. The molecular formula is C22H26N4O3. The fourth-order valence-corrected chi connectivity index (χ4v) is 2.71. The lowest BCUT2D eigenvalue weighted by Crippen LogP contribution is -2.42. The zero-order valence-corrected chi connectivity index (χ0v) is 17.1. The maximum atomic E-state index is 11.9. The monoisotopic (exact) mass is 394 g/mol. The Kier molecular flexibility index (Phi) is 6.16. The van der Waals surface area contributed by atoms with Gasteiger partial charge in [0.15, 0.2) is 6.61 Å². The van der Waals surface area contributed by atoms with Gasteiger partial charge in [-0.2, -0.15) is 0 Å². The lowest BCUT2D eigenvalue weighted by atomic mass is 10.1. The number of ether oxygens (including phenoxy) is 1. The number of rotatable bonds is 6. The molecule has 0 bridgehead atoms. The Labute approximate surface area is 170 Å². The molecule has 2 aromatic heterocycles. The second-order valence-electron chi connectivity index (χ2n) is 7.84. The molecule has 0 fully saturated rings. The number of oxime groups is 1. The van der Waals surface area contributed by atoms with E-state index in [1.807, 2.05) is 63.2 Å². The van der Waals surface area contributed by atoms with Gasteiger partial charge in [0.2, 0.25) is 0 Å². The van der Waals surface area contributed by atoms with Crippen LogP contribution in [0.2, 0.25) is 0 Å². The van der Waals surface area contributed by atoms with E-state index in [2.05, 4.69) is 20.4 Å². The molecule has 7 heteroatoms. The van der Waals surface area contributed by atoms with Gasteiger partial charge in [0, 0.05) is 22.7 Å². The number of carbonyl (C=O) groups excluding carboxylic acids is 1. The van der Waals surface area contributed by atoms with E-state index in [9.17, 15) is 4.79 Å². The number of nitrogens with one attached hydrogen (secondary N) is 2. The summed E-state index contributed by atoms with van der Waals surface area (Å²) in [5.41, 5.74) is 2.94. The minimum absolute atomic E-state index is 0.135. The molecule has 0 radical (unpaired) electrons. The molecule has 152 valence electrons. The van der Waals surface area contributed by atoms with Gasteiger partial charge in [-0.05, 0) is 39.8 Å². The van der Waals surface area contributed by atoms with Crippen LogP contribution in [-0.4, -0.2) is 40.0 Å². The normalized spacial score (nSPS) is 13.2. The third-order valence-corrected chi connectivity index (χ3v) is 3.98. The molecule has 3 rings (SSSR count). The standard InChI is InChI=1S/C22H26N4O3/c1-15(29-21(27)25-22(2,3)4)14-28-26-20(16-8-6-5-7-9-16)18-12-17-10-11-23-13-19(17)24-18/h5-13,15,24H,14H2,1-4H3,(H,25,27). The quantitative estimate of drug-likeness (QED) is 0.483. The van der Waals surface area contributed by atoms with Gasteiger partial charge in [-0.3, -0.25) is 4.98 Å². The number of aromatic amines is 1. The minimum Gasteiger partial charge on any atom is -0.443 e. The molecule has 0 aliphatic carbocycles. The summed E-state index contributed by atoms with van der Waals surface area (Å²) >= 11 is 0. The van der Waals surface area contributed by atoms with Crippen molar-refractivity contribution in [3.8, 4) is 0 Å². The first-order valence-electron chi connectivity index (χ1n) is 9.49. The molecule has 2 heterocycles. The summed E-state index contributed by atoms with van der Waals surface area (Å²) in [6, 6.07) is 13.7. The summed E-state index contributed by atoms with van der Waals surface area (Å²) in [5.74, 6) is 0. The van der Waals surface area contributed by atoms with Crippen LogP contribution in [0.25, 0.3) is 10.9 Å². The number of alkyl carbamates (subject to hydrolysis) is 1. The van der Waals surface area contributed by atoms with Crippen molar-refractivity contribution in [1.29, 1.82) is 0 Å². The van der Waals surface area contributed by atoms with Crippen molar-refractivity contribution in [3.63, 3.8) is 0 Å². The number of hydrogen-bond acceptors (Lipinski definition) is 5. The van der Waals surface area contributed by atoms with Gasteiger partial charge in [0.25, 0.3) is 0 Å². The van der Waals surface area contributed by atoms with E-state index in [1.54, 1.807) is 19.3 Å². The van der Waals surface area contributed by atoms with E-state index in [0.29, 0.717) is 5.71 Å². The van der Waals surface area contributed by atoms with Crippen LogP contribution < -0.4 is 5.32 Å². The van der Waals surface area contributed by atoms with Crippen LogP contribution in [0.1, 0.15) is 39.0 Å². The molecule has 1 aromatic carbocycles. The number of carbonyl (C=O) groups is 1. The summed E-state index contributed by atoms with van der Waals surface area (Å²) in [5, 5.41) is 8.12. The molecule has 1 amide bonds. The van der Waals surface area contributed by atoms with Crippen LogP contribution in [0.15, 0.2) is 60.0 Å². The summed E-state index contributed by atoms with van der Waals surface area (Å²) in [4.78, 5) is 24.9. The van der Waals surface area contributed by atoms with E-state index < -0.39 is 12.2 Å². The van der Waals surface area contributed by atoms with E-state index in [-0.39, 0.29) is 12.1 Å². The summed E-state index contributed by atoms with van der Waals surface area (Å²) in [6.45, 7) is 7.56. The topological polar surface area (TPSA) is 88.6 Å². The number of pyridine rings is 1. The third kappa shape index (κ3) is 5.81. The van der Waals surface area contributed by atoms with Crippen molar-refractivity contribution in [3.05, 3.63) is 66.1 Å². The lowest BCUT2D eigenvalue weighted by molar-refractivity contribution is 0.0287. The maximum Gasteiger partial charge on any atom is 0.407 e. The zero-order valence-electron chi connectivity index (χ0n) is 17.1. The van der Waals surface area contributed by atoms with Crippen molar-refractivity contribution in [2.24, 2.45) is 5.16 Å². The highest BCUT2D eigenvalue weighted by atomic mass is 16.6. The highest BCUT2D eigenvalue weighted by molar-refractivity contribution is 6.13. The van der Waals surface area contributed by atoms with Crippen LogP contribution in [0.4, 0.5) is 4.79 Å². The molecule has 7 nitrogen and oxygen atoms in total. The first-order chi connectivity index (χ1) is 13.8. The molecule has 0 aliphatic heterocycles. The number of amides is 1. The number of H-pyrrole nitrogens is 1. The SMILES string of the molecule is CC(CON=C(c1ccccc1)c1cc2ccncc2[nH]1)OC(=O)NC(C)(C)C. The average molecular weight is 394 g/mol. The Balaban J connectivity index is 1.73. The molecule has 1 unspecified atom stereocenters. The number of fused-ring (bicyclic) bond motifs is 1. The Hall–Kier alpha value is -3.35. The van der Waals surface area contributed by atoms with E-state index in [1.165, 1.54) is 0 Å². The van der Waals surface area contributed by atoms with Crippen molar-refractivity contribution in [2.75, 3.05) is 6.61 Å². The smallest absolute Gasteiger partial charge is 0.407 e. The molecule has 0 spiro atoms. The van der Waals surface area contributed by atoms with E-state index in [4.69, 9.17) is 9.57 Å². The Morgan fingerprint density at radius 2 is 2.00 bits per heavy atom. The van der Waals surface area contributed by atoms with Crippen LogP contribution >= 0.6 is 0 Å². The molecule has 0 saturated heterocycles. The minimum atomic E-state index is -0.482. The largest absolute Gasteiger partial charge is 0.443 e. The van der Waals surface area contributed by atoms with Crippen molar-refractivity contribution >= 4 is 22.7 Å². The molecule has 29 heavy (non-hydrogen) atoms. The molecule has 3 aromatic rings. The van der Waals surface area contributed by atoms with Crippen molar-refractivity contribution < 1.29 is 14.4 Å².